The molecule has 15 heavy (non-hydrogen) atoms. The Hall–Kier alpha value is -1.34. The van der Waals surface area contributed by atoms with Gasteiger partial charge in [-0.2, -0.15) is 0 Å². The van der Waals surface area contributed by atoms with E-state index >= 15 is 0 Å². The lowest BCUT2D eigenvalue weighted by Gasteiger charge is -1.98. The molecule has 6 nitrogen and oxygen atoms in total. The molecule has 1 heterocycles. The highest BCUT2D eigenvalue weighted by molar-refractivity contribution is 7.90. The molecule has 0 atom stereocenters. The van der Waals surface area contributed by atoms with E-state index < -0.39 is 28.2 Å². The molecule has 0 fully saturated rings. The van der Waals surface area contributed by atoms with Crippen LogP contribution in [0.5, 0.6) is 0 Å². The van der Waals surface area contributed by atoms with E-state index in [0.717, 1.165) is 0 Å². The number of rotatable bonds is 5. The van der Waals surface area contributed by atoms with Gasteiger partial charge >= 0.3 is 5.97 Å². The van der Waals surface area contributed by atoms with Crippen LogP contribution in [0.3, 0.4) is 0 Å². The number of aliphatic hydroxyl groups is 1. The minimum absolute atomic E-state index is 0.0563. The Morgan fingerprint density at radius 2 is 2.07 bits per heavy atom. The molecule has 0 spiro atoms. The predicted octanol–water partition coefficient (Wildman–Crippen LogP) is -0.115. The second-order valence-corrected chi connectivity index (χ2v) is 5.07. The van der Waals surface area contributed by atoms with Crippen LogP contribution in [-0.2, 0) is 15.6 Å². The fourth-order valence-electron chi connectivity index (χ4n) is 0.998. The van der Waals surface area contributed by atoms with Crippen molar-refractivity contribution in [3.05, 3.63) is 23.7 Å². The minimum atomic E-state index is -3.43. The lowest BCUT2D eigenvalue weighted by atomic mass is 10.4. The summed E-state index contributed by atoms with van der Waals surface area (Å²) in [4.78, 5) is 10.4. The van der Waals surface area contributed by atoms with E-state index in [4.69, 9.17) is 14.6 Å². The molecular formula is C8H10O6S. The van der Waals surface area contributed by atoms with Crippen LogP contribution in [0.1, 0.15) is 16.3 Å². The van der Waals surface area contributed by atoms with Crippen LogP contribution in [-0.4, -0.2) is 37.0 Å². The van der Waals surface area contributed by atoms with Gasteiger partial charge in [0.25, 0.3) is 0 Å². The van der Waals surface area contributed by atoms with E-state index in [1.807, 2.05) is 0 Å². The number of carbonyl (C=O) groups is 1. The van der Waals surface area contributed by atoms with Crippen molar-refractivity contribution < 1.29 is 27.8 Å². The maximum Gasteiger partial charge on any atom is 0.371 e. The van der Waals surface area contributed by atoms with Crippen LogP contribution in [0.4, 0.5) is 0 Å². The SMILES string of the molecule is O=C(O)c1ccc(CS(=O)(=O)CCO)o1. The molecule has 7 heteroatoms. The number of hydrogen-bond acceptors (Lipinski definition) is 5. The van der Waals surface area contributed by atoms with Crippen molar-refractivity contribution in [2.45, 2.75) is 5.75 Å². The first kappa shape index (κ1) is 11.7. The van der Waals surface area contributed by atoms with Gasteiger partial charge in [-0.3, -0.25) is 0 Å². The highest BCUT2D eigenvalue weighted by Gasteiger charge is 2.16. The van der Waals surface area contributed by atoms with Gasteiger partial charge in [0.1, 0.15) is 11.5 Å². The summed E-state index contributed by atoms with van der Waals surface area (Å²) in [5, 5.41) is 17.0. The average Bonchev–Trinajstić information content (AvgIpc) is 2.51. The van der Waals surface area contributed by atoms with Crippen LogP contribution in [0.15, 0.2) is 16.5 Å². The summed E-state index contributed by atoms with van der Waals surface area (Å²) in [7, 11) is -3.43. The molecule has 1 aromatic heterocycles. The van der Waals surface area contributed by atoms with E-state index in [1.165, 1.54) is 12.1 Å². The van der Waals surface area contributed by atoms with Crippen LogP contribution >= 0.6 is 0 Å². The third-order valence-electron chi connectivity index (χ3n) is 1.64. The first-order chi connectivity index (χ1) is 6.94. The first-order valence-electron chi connectivity index (χ1n) is 4.08. The van der Waals surface area contributed by atoms with E-state index in [0.29, 0.717) is 0 Å². The Morgan fingerprint density at radius 3 is 2.53 bits per heavy atom. The summed E-state index contributed by atoms with van der Waals surface area (Å²) < 4.78 is 27.2. The monoisotopic (exact) mass is 234 g/mol. The standard InChI is InChI=1S/C8H10O6S/c9-3-4-15(12,13)5-6-1-2-7(14-6)8(10)11/h1-2,9H,3-5H2,(H,10,11). The molecule has 0 amide bonds. The summed E-state index contributed by atoms with van der Waals surface area (Å²) >= 11 is 0. The number of sulfone groups is 1. The van der Waals surface area contributed by atoms with E-state index in [9.17, 15) is 13.2 Å². The average molecular weight is 234 g/mol. The number of carboxylic acid groups (broad SMARTS) is 1. The molecule has 0 unspecified atom stereocenters. The van der Waals surface area contributed by atoms with Gasteiger partial charge in [-0.1, -0.05) is 0 Å². The Bertz CT molecular complexity index is 443. The number of carboxylic acids is 1. The molecule has 1 rings (SSSR count). The fraction of sp³-hybridized carbons (Fsp3) is 0.375. The van der Waals surface area contributed by atoms with Gasteiger partial charge in [0.05, 0.1) is 12.4 Å². The zero-order chi connectivity index (χ0) is 11.5. The minimum Gasteiger partial charge on any atom is -0.475 e. The van der Waals surface area contributed by atoms with E-state index in [-0.39, 0.29) is 17.3 Å². The molecule has 0 saturated carbocycles. The molecule has 0 aliphatic heterocycles. The lowest BCUT2D eigenvalue weighted by molar-refractivity contribution is 0.0660. The highest BCUT2D eigenvalue weighted by Crippen LogP contribution is 2.11. The molecule has 0 aliphatic carbocycles. The molecule has 84 valence electrons. The van der Waals surface area contributed by atoms with Gasteiger partial charge in [-0.25, -0.2) is 13.2 Å². The molecule has 1 aromatic rings. The summed E-state index contributed by atoms with van der Waals surface area (Å²) in [6.45, 7) is -0.463. The van der Waals surface area contributed by atoms with Crippen molar-refractivity contribution in [1.82, 2.24) is 0 Å². The summed E-state index contributed by atoms with van der Waals surface area (Å²) in [6, 6.07) is 2.48. The van der Waals surface area contributed by atoms with Crippen LogP contribution < -0.4 is 0 Å². The second kappa shape index (κ2) is 4.45. The normalized spacial score (nSPS) is 11.5. The maximum absolute atomic E-state index is 11.2. The van der Waals surface area contributed by atoms with Crippen molar-refractivity contribution in [2.75, 3.05) is 12.4 Å². The third-order valence-corrected chi connectivity index (χ3v) is 3.17. The van der Waals surface area contributed by atoms with Gasteiger partial charge < -0.3 is 14.6 Å². The summed E-state index contributed by atoms with van der Waals surface area (Å²) in [5.74, 6) is -2.26. The molecule has 0 aromatic carbocycles. The second-order valence-electron chi connectivity index (χ2n) is 2.89. The van der Waals surface area contributed by atoms with Crippen LogP contribution in [0, 0.1) is 0 Å². The van der Waals surface area contributed by atoms with Crippen molar-refractivity contribution in [3.8, 4) is 0 Å². The molecule has 0 aliphatic rings. The topological polar surface area (TPSA) is 105 Å². The maximum atomic E-state index is 11.2. The smallest absolute Gasteiger partial charge is 0.371 e. The predicted molar refractivity (Wildman–Crippen MR) is 50.2 cm³/mol. The van der Waals surface area contributed by atoms with Crippen molar-refractivity contribution in [3.63, 3.8) is 0 Å². The first-order valence-corrected chi connectivity index (χ1v) is 5.90. The fourth-order valence-corrected chi connectivity index (χ4v) is 2.01. The number of aliphatic hydroxyl groups excluding tert-OH is 1. The Labute approximate surface area is 86.1 Å². The van der Waals surface area contributed by atoms with Gasteiger partial charge in [0.2, 0.25) is 5.76 Å². The van der Waals surface area contributed by atoms with Gasteiger partial charge in [-0.15, -0.1) is 0 Å². The number of furan rings is 1. The number of aromatic carboxylic acids is 1. The number of hydrogen-bond donors (Lipinski definition) is 2. The van der Waals surface area contributed by atoms with E-state index in [1.54, 1.807) is 0 Å². The van der Waals surface area contributed by atoms with Gasteiger partial charge in [-0.05, 0) is 12.1 Å². The summed E-state index contributed by atoms with van der Waals surface area (Å²) in [6.07, 6.45) is 0. The molecule has 0 radical (unpaired) electrons. The zero-order valence-corrected chi connectivity index (χ0v) is 8.53. The lowest BCUT2D eigenvalue weighted by Crippen LogP contribution is -2.11. The zero-order valence-electron chi connectivity index (χ0n) is 7.71. The van der Waals surface area contributed by atoms with Crippen molar-refractivity contribution in [2.24, 2.45) is 0 Å². The molecular weight excluding hydrogens is 224 g/mol. The largest absolute Gasteiger partial charge is 0.475 e. The summed E-state index contributed by atoms with van der Waals surface area (Å²) in [5.41, 5.74) is 0. The quantitative estimate of drug-likeness (QED) is 0.736. The molecule has 0 saturated heterocycles. The molecule has 2 N–H and O–H groups in total. The van der Waals surface area contributed by atoms with E-state index in [2.05, 4.69) is 0 Å². The van der Waals surface area contributed by atoms with Crippen molar-refractivity contribution >= 4 is 15.8 Å². The third kappa shape index (κ3) is 3.37. The Balaban J connectivity index is 2.77. The Kier molecular flexibility index (Phi) is 3.48. The molecule has 0 bridgehead atoms. The van der Waals surface area contributed by atoms with Gasteiger partial charge in [0.15, 0.2) is 9.84 Å². The van der Waals surface area contributed by atoms with Gasteiger partial charge in [0, 0.05) is 0 Å². The Morgan fingerprint density at radius 1 is 1.40 bits per heavy atom. The van der Waals surface area contributed by atoms with Crippen LogP contribution in [0.2, 0.25) is 0 Å². The highest BCUT2D eigenvalue weighted by atomic mass is 32.2. The van der Waals surface area contributed by atoms with Crippen molar-refractivity contribution in [1.29, 1.82) is 0 Å². The van der Waals surface area contributed by atoms with Crippen LogP contribution in [0.25, 0.3) is 0 Å².